The number of terminal acetylenes is 1. The van der Waals surface area contributed by atoms with Crippen LogP contribution in [0, 0.1) is 19.3 Å². The molecule has 3 heteroatoms. The molecule has 0 fully saturated rings. The summed E-state index contributed by atoms with van der Waals surface area (Å²) in [6.45, 7) is 8.15. The topological polar surface area (TPSA) is 24.7 Å². The highest BCUT2D eigenvalue weighted by Gasteiger charge is 2.06. The molecule has 2 nitrogen and oxygen atoms in total. The molecule has 0 heterocycles. The van der Waals surface area contributed by atoms with Gasteiger partial charge in [-0.3, -0.25) is 9.98 Å². The van der Waals surface area contributed by atoms with Gasteiger partial charge >= 0.3 is 0 Å². The molecule has 0 radical (unpaired) electrons. The van der Waals surface area contributed by atoms with Crippen LogP contribution in [0.2, 0.25) is 0 Å². The van der Waals surface area contributed by atoms with Crippen LogP contribution in [0.5, 0.6) is 0 Å². The third-order valence-electron chi connectivity index (χ3n) is 4.39. The van der Waals surface area contributed by atoms with Gasteiger partial charge in [-0.2, -0.15) is 0 Å². The highest BCUT2D eigenvalue weighted by Crippen LogP contribution is 2.21. The van der Waals surface area contributed by atoms with E-state index in [9.17, 15) is 0 Å². The first-order valence-electron chi connectivity index (χ1n) is 9.97. The van der Waals surface area contributed by atoms with Crippen LogP contribution >= 0.6 is 11.8 Å². The molecule has 0 unspecified atom stereocenters. The van der Waals surface area contributed by atoms with Gasteiger partial charge in [-0.1, -0.05) is 72.3 Å². The summed E-state index contributed by atoms with van der Waals surface area (Å²) in [6, 6.07) is 27.0. The average molecular weight is 425 g/mol. The number of hydrogen-bond acceptors (Lipinski definition) is 3. The van der Waals surface area contributed by atoms with Gasteiger partial charge in [-0.15, -0.1) is 24.1 Å². The predicted octanol–water partition coefficient (Wildman–Crippen LogP) is 7.09. The van der Waals surface area contributed by atoms with Crippen LogP contribution in [-0.4, -0.2) is 18.7 Å². The number of aryl methyl sites for hydroxylation is 1. The SMILES string of the molecule is C#CC.C=N/C(=C\C(=NCc1cccc(C)c1)c1cccc(SC)c1)c1ccccc1. The van der Waals surface area contributed by atoms with Crippen LogP contribution in [0.15, 0.2) is 99.8 Å². The summed E-state index contributed by atoms with van der Waals surface area (Å²) in [5, 5.41) is 0. The highest BCUT2D eigenvalue weighted by molar-refractivity contribution is 7.98. The zero-order valence-corrected chi connectivity index (χ0v) is 19.2. The van der Waals surface area contributed by atoms with Gasteiger partial charge < -0.3 is 0 Å². The van der Waals surface area contributed by atoms with E-state index in [0.717, 1.165) is 22.5 Å². The van der Waals surface area contributed by atoms with E-state index in [1.165, 1.54) is 16.0 Å². The number of aliphatic imine (C=N–C) groups is 2. The third-order valence-corrected chi connectivity index (χ3v) is 5.12. The molecular weight excluding hydrogens is 396 g/mol. The molecule has 0 aliphatic heterocycles. The lowest BCUT2D eigenvalue weighted by molar-refractivity contribution is 1.06. The Hall–Kier alpha value is -3.35. The van der Waals surface area contributed by atoms with Crippen molar-refractivity contribution in [2.75, 3.05) is 6.26 Å². The highest BCUT2D eigenvalue weighted by atomic mass is 32.2. The monoisotopic (exact) mass is 424 g/mol. The number of allylic oxidation sites excluding steroid dienone is 1. The molecule has 0 saturated heterocycles. The zero-order chi connectivity index (χ0) is 22.5. The van der Waals surface area contributed by atoms with Gasteiger partial charge in [-0.25, -0.2) is 0 Å². The number of nitrogens with zero attached hydrogens (tertiary/aromatic N) is 2. The fourth-order valence-electron chi connectivity index (χ4n) is 2.95. The fourth-order valence-corrected chi connectivity index (χ4v) is 3.41. The number of thioether (sulfide) groups is 1. The van der Waals surface area contributed by atoms with Gasteiger partial charge in [0, 0.05) is 16.0 Å². The number of hydrogen-bond donors (Lipinski definition) is 0. The van der Waals surface area contributed by atoms with Gasteiger partial charge in [0.25, 0.3) is 0 Å². The first-order chi connectivity index (χ1) is 15.1. The van der Waals surface area contributed by atoms with Crippen molar-refractivity contribution in [1.29, 1.82) is 0 Å². The minimum atomic E-state index is 0.621. The summed E-state index contributed by atoms with van der Waals surface area (Å²) in [5.41, 5.74) is 6.27. The van der Waals surface area contributed by atoms with E-state index >= 15 is 0 Å². The minimum Gasteiger partial charge on any atom is -0.280 e. The van der Waals surface area contributed by atoms with Gasteiger partial charge in [-0.05, 0) is 50.6 Å². The van der Waals surface area contributed by atoms with Crippen LogP contribution in [0.3, 0.4) is 0 Å². The summed E-state index contributed by atoms with van der Waals surface area (Å²) < 4.78 is 0. The Labute approximate surface area is 190 Å². The predicted molar refractivity (Wildman–Crippen MR) is 138 cm³/mol. The second-order valence-corrected chi connectivity index (χ2v) is 7.64. The lowest BCUT2D eigenvalue weighted by Crippen LogP contribution is -2.00. The molecule has 0 N–H and O–H groups in total. The van der Waals surface area contributed by atoms with Gasteiger partial charge in [0.05, 0.1) is 18.0 Å². The molecule has 3 aromatic carbocycles. The van der Waals surface area contributed by atoms with Crippen LogP contribution < -0.4 is 0 Å². The molecule has 3 aromatic rings. The van der Waals surface area contributed by atoms with Crippen LogP contribution in [0.1, 0.15) is 29.2 Å². The maximum atomic E-state index is 4.94. The maximum Gasteiger partial charge on any atom is 0.0716 e. The van der Waals surface area contributed by atoms with Gasteiger partial charge in [0.15, 0.2) is 0 Å². The van der Waals surface area contributed by atoms with E-state index in [-0.39, 0.29) is 0 Å². The van der Waals surface area contributed by atoms with E-state index in [2.05, 4.69) is 85.8 Å². The number of benzene rings is 3. The summed E-state index contributed by atoms with van der Waals surface area (Å²) >= 11 is 1.73. The summed E-state index contributed by atoms with van der Waals surface area (Å²) in [4.78, 5) is 10.4. The molecule has 0 spiro atoms. The molecule has 0 atom stereocenters. The van der Waals surface area contributed by atoms with E-state index in [1.807, 2.05) is 36.4 Å². The third kappa shape index (κ3) is 7.77. The van der Waals surface area contributed by atoms with Crippen molar-refractivity contribution >= 4 is 29.9 Å². The Morgan fingerprint density at radius 2 is 1.68 bits per heavy atom. The first kappa shape index (κ1) is 23.9. The fraction of sp³-hybridized carbons (Fsp3) is 0.143. The summed E-state index contributed by atoms with van der Waals surface area (Å²) in [5.74, 6) is 2.25. The molecule has 0 bridgehead atoms. The van der Waals surface area contributed by atoms with Crippen molar-refractivity contribution < 1.29 is 0 Å². The molecule has 0 aliphatic rings. The Bertz CT molecular complexity index is 1090. The van der Waals surface area contributed by atoms with E-state index < -0.39 is 0 Å². The molecule has 3 rings (SSSR count). The van der Waals surface area contributed by atoms with Crippen LogP contribution in [0.25, 0.3) is 5.70 Å². The Morgan fingerprint density at radius 1 is 1.00 bits per heavy atom. The lowest BCUT2D eigenvalue weighted by Gasteiger charge is -2.08. The molecule has 31 heavy (non-hydrogen) atoms. The van der Waals surface area contributed by atoms with Crippen molar-refractivity contribution in [2.24, 2.45) is 9.98 Å². The minimum absolute atomic E-state index is 0.621. The molecular formula is C28H28N2S. The average Bonchev–Trinajstić information content (AvgIpc) is 2.80. The van der Waals surface area contributed by atoms with E-state index in [0.29, 0.717) is 6.54 Å². The van der Waals surface area contributed by atoms with Crippen molar-refractivity contribution in [3.05, 3.63) is 107 Å². The molecule has 156 valence electrons. The van der Waals surface area contributed by atoms with Gasteiger partial charge in [0.2, 0.25) is 0 Å². The van der Waals surface area contributed by atoms with Crippen LogP contribution in [0.4, 0.5) is 0 Å². The Morgan fingerprint density at radius 3 is 2.32 bits per heavy atom. The summed E-state index contributed by atoms with van der Waals surface area (Å²) in [7, 11) is 0. The van der Waals surface area contributed by atoms with E-state index in [4.69, 9.17) is 4.99 Å². The smallest absolute Gasteiger partial charge is 0.0716 e. The van der Waals surface area contributed by atoms with Crippen molar-refractivity contribution in [3.63, 3.8) is 0 Å². The zero-order valence-electron chi connectivity index (χ0n) is 18.4. The van der Waals surface area contributed by atoms with Crippen molar-refractivity contribution in [3.8, 4) is 12.3 Å². The Balaban J connectivity index is 0.00000107. The summed E-state index contributed by atoms with van der Waals surface area (Å²) in [6.07, 6.45) is 8.71. The number of rotatable bonds is 7. The van der Waals surface area contributed by atoms with Gasteiger partial charge in [0.1, 0.15) is 0 Å². The normalized spacial score (nSPS) is 11.2. The first-order valence-corrected chi connectivity index (χ1v) is 11.2. The van der Waals surface area contributed by atoms with Crippen LogP contribution in [-0.2, 0) is 6.54 Å². The molecule has 0 aromatic heterocycles. The molecule has 0 amide bonds. The van der Waals surface area contributed by atoms with Crippen molar-refractivity contribution in [1.82, 2.24) is 0 Å². The quantitative estimate of drug-likeness (QED) is 0.226. The maximum absolute atomic E-state index is 4.94. The van der Waals surface area contributed by atoms with E-state index in [1.54, 1.807) is 18.7 Å². The lowest BCUT2D eigenvalue weighted by atomic mass is 10.1. The largest absolute Gasteiger partial charge is 0.280 e. The molecule has 0 aliphatic carbocycles. The molecule has 0 saturated carbocycles. The standard InChI is InChI=1S/C25H24N2S.C3H4/c1-19-9-7-10-20(15-19)18-27-25(22-13-8-14-23(16-22)28-3)17-24(26-2)21-11-5-4-6-12-21;1-3-2/h4-17H,2,18H2,1,3H3;1H,2H3/b24-17-,27-25?;. The van der Waals surface area contributed by atoms with Crippen molar-refractivity contribution in [2.45, 2.75) is 25.3 Å². The second-order valence-electron chi connectivity index (χ2n) is 6.76. The Kier molecular flexibility index (Phi) is 10.1. The second kappa shape index (κ2) is 13.1.